The predicted molar refractivity (Wildman–Crippen MR) is 146 cm³/mol. The van der Waals surface area contributed by atoms with Gasteiger partial charge in [0.25, 0.3) is 11.5 Å². The molecule has 198 valence electrons. The molecule has 11 heteroatoms. The molecule has 1 saturated heterocycles. The van der Waals surface area contributed by atoms with Gasteiger partial charge in [0, 0.05) is 23.6 Å². The Balaban J connectivity index is 1.35. The van der Waals surface area contributed by atoms with Gasteiger partial charge in [-0.3, -0.25) is 33.7 Å². The molecule has 4 aromatic rings. The lowest BCUT2D eigenvalue weighted by atomic mass is 10.1. The molecule has 2 N–H and O–H groups in total. The number of anilines is 1. The Morgan fingerprint density at radius 2 is 1.87 bits per heavy atom. The van der Waals surface area contributed by atoms with Crippen LogP contribution in [0.4, 0.5) is 5.69 Å². The summed E-state index contributed by atoms with van der Waals surface area (Å²) in [7, 11) is 0. The summed E-state index contributed by atoms with van der Waals surface area (Å²) >= 11 is 6.04. The summed E-state index contributed by atoms with van der Waals surface area (Å²) < 4.78 is 3.05. The van der Waals surface area contributed by atoms with Crippen molar-refractivity contribution in [3.05, 3.63) is 75.4 Å². The molecule has 0 bridgehead atoms. The summed E-state index contributed by atoms with van der Waals surface area (Å²) in [6.45, 7) is 2.27. The fourth-order valence-corrected chi connectivity index (χ4v) is 5.08. The number of para-hydroxylation sites is 1. The van der Waals surface area contributed by atoms with Crippen molar-refractivity contribution in [1.29, 1.82) is 0 Å². The highest BCUT2D eigenvalue weighted by molar-refractivity contribution is 6.30. The minimum atomic E-state index is -0.826. The smallest absolute Gasteiger partial charge is 0.274 e. The highest BCUT2D eigenvalue weighted by atomic mass is 35.5. The number of fused-ring (bicyclic) bond motifs is 1. The van der Waals surface area contributed by atoms with Crippen molar-refractivity contribution in [2.45, 2.75) is 45.2 Å². The maximum Gasteiger partial charge on any atom is 0.274 e. The first kappa shape index (κ1) is 25.0. The van der Waals surface area contributed by atoms with Crippen molar-refractivity contribution >= 4 is 45.9 Å². The van der Waals surface area contributed by atoms with Gasteiger partial charge in [-0.25, -0.2) is 4.98 Å². The molecule has 3 heterocycles. The van der Waals surface area contributed by atoms with Crippen molar-refractivity contribution in [1.82, 2.24) is 24.6 Å². The van der Waals surface area contributed by atoms with Gasteiger partial charge in [-0.2, -0.15) is 5.10 Å². The Morgan fingerprint density at radius 3 is 2.59 bits per heavy atom. The van der Waals surface area contributed by atoms with Crippen LogP contribution in [0.1, 0.15) is 48.0 Å². The number of aromatic nitrogens is 4. The van der Waals surface area contributed by atoms with Gasteiger partial charge in [-0.15, -0.1) is 0 Å². The minimum absolute atomic E-state index is 0.142. The van der Waals surface area contributed by atoms with Crippen LogP contribution in [0.15, 0.2) is 53.3 Å². The number of hydrogen-bond donors (Lipinski definition) is 2. The van der Waals surface area contributed by atoms with Crippen LogP contribution in [0.3, 0.4) is 0 Å². The van der Waals surface area contributed by atoms with Gasteiger partial charge in [0.05, 0.1) is 16.8 Å². The Hall–Kier alpha value is -4.31. The molecule has 39 heavy (non-hydrogen) atoms. The lowest BCUT2D eigenvalue weighted by Crippen LogP contribution is -2.45. The standard InChI is InChI=1S/C28H25ClN6O4/c1-15-30-25-19(28(39)35(15)22-11-12-24(36)32-26(22)37)3-2-4-20(25)31-27(38)23-13-21(17-7-9-18(29)10-8-17)33-34(23)14-16-5-6-16/h2-4,7-10,13,16,22H,5-6,11-12,14H2,1H3,(H,31,38)(H,32,36,37). The molecule has 6 rings (SSSR count). The first-order valence-electron chi connectivity index (χ1n) is 12.8. The summed E-state index contributed by atoms with van der Waals surface area (Å²) in [6.07, 6.45) is 2.56. The van der Waals surface area contributed by atoms with Gasteiger partial charge in [0.2, 0.25) is 11.8 Å². The quantitative estimate of drug-likeness (QED) is 0.355. The number of carbonyl (C=O) groups is 3. The number of rotatable bonds is 6. The van der Waals surface area contributed by atoms with Gasteiger partial charge >= 0.3 is 0 Å². The number of nitrogens with one attached hydrogen (secondary N) is 2. The largest absolute Gasteiger partial charge is 0.319 e. The number of carbonyl (C=O) groups excluding carboxylic acids is 3. The van der Waals surface area contributed by atoms with Gasteiger partial charge in [-0.05, 0) is 62.4 Å². The Morgan fingerprint density at radius 1 is 1.10 bits per heavy atom. The second-order valence-electron chi connectivity index (χ2n) is 10.0. The third kappa shape index (κ3) is 4.83. The normalized spacial score (nSPS) is 17.3. The molecule has 2 fully saturated rings. The topological polar surface area (TPSA) is 128 Å². The fraction of sp³-hybridized carbons (Fsp3) is 0.286. The van der Waals surface area contributed by atoms with E-state index in [-0.39, 0.29) is 30.0 Å². The molecule has 1 aliphatic heterocycles. The third-order valence-corrected chi connectivity index (χ3v) is 7.41. The minimum Gasteiger partial charge on any atom is -0.319 e. The second-order valence-corrected chi connectivity index (χ2v) is 10.4. The van der Waals surface area contributed by atoms with E-state index in [1.54, 1.807) is 48.0 Å². The van der Waals surface area contributed by atoms with E-state index in [9.17, 15) is 19.2 Å². The van der Waals surface area contributed by atoms with Crippen molar-refractivity contribution in [3.8, 4) is 11.3 Å². The number of piperidine rings is 1. The predicted octanol–water partition coefficient (Wildman–Crippen LogP) is 3.86. The molecular formula is C28H25ClN6O4. The van der Waals surface area contributed by atoms with Gasteiger partial charge in [-0.1, -0.05) is 29.8 Å². The molecule has 1 aliphatic carbocycles. The summed E-state index contributed by atoms with van der Waals surface area (Å²) in [5.74, 6) is -0.456. The maximum absolute atomic E-state index is 13.5. The summed E-state index contributed by atoms with van der Waals surface area (Å²) in [5.41, 5.74) is 2.20. The second kappa shape index (κ2) is 9.77. The number of nitrogens with zero attached hydrogens (tertiary/aromatic N) is 4. The summed E-state index contributed by atoms with van der Waals surface area (Å²) in [6, 6.07) is 13.2. The highest BCUT2D eigenvalue weighted by Crippen LogP contribution is 2.32. The van der Waals surface area contributed by atoms with E-state index < -0.39 is 17.5 Å². The Bertz CT molecular complexity index is 1700. The van der Waals surface area contributed by atoms with Crippen LogP contribution in [0.2, 0.25) is 5.02 Å². The molecule has 2 aromatic heterocycles. The van der Waals surface area contributed by atoms with Crippen LogP contribution < -0.4 is 16.2 Å². The first-order valence-corrected chi connectivity index (χ1v) is 13.2. The van der Waals surface area contributed by atoms with Crippen molar-refractivity contribution in [3.63, 3.8) is 0 Å². The van der Waals surface area contributed by atoms with Gasteiger partial charge < -0.3 is 5.32 Å². The van der Waals surface area contributed by atoms with E-state index in [4.69, 9.17) is 16.7 Å². The summed E-state index contributed by atoms with van der Waals surface area (Å²) in [5, 5.41) is 10.8. The van der Waals surface area contributed by atoms with E-state index in [1.807, 2.05) is 12.1 Å². The SMILES string of the molecule is Cc1nc2c(NC(=O)c3cc(-c4ccc(Cl)cc4)nn3CC3CC3)cccc2c(=O)n1C1CCC(=O)NC1=O. The zero-order valence-electron chi connectivity index (χ0n) is 21.1. The Kier molecular flexibility index (Phi) is 6.26. The van der Waals surface area contributed by atoms with Crippen LogP contribution >= 0.6 is 11.6 Å². The molecule has 10 nitrogen and oxygen atoms in total. The van der Waals surface area contributed by atoms with E-state index >= 15 is 0 Å². The number of benzene rings is 2. The molecule has 1 atom stereocenters. The zero-order chi connectivity index (χ0) is 27.3. The van der Waals surface area contributed by atoms with Crippen LogP contribution in [0.5, 0.6) is 0 Å². The van der Waals surface area contributed by atoms with Gasteiger partial charge in [0.15, 0.2) is 0 Å². The molecule has 0 spiro atoms. The van der Waals surface area contributed by atoms with Crippen LogP contribution in [-0.4, -0.2) is 37.1 Å². The average molecular weight is 545 g/mol. The molecule has 1 unspecified atom stereocenters. The fourth-order valence-electron chi connectivity index (χ4n) is 4.96. The summed E-state index contributed by atoms with van der Waals surface area (Å²) in [4.78, 5) is 55.7. The molecule has 3 amide bonds. The highest BCUT2D eigenvalue weighted by Gasteiger charge is 2.31. The molecule has 1 saturated carbocycles. The monoisotopic (exact) mass is 544 g/mol. The maximum atomic E-state index is 13.5. The van der Waals surface area contributed by atoms with Crippen molar-refractivity contribution < 1.29 is 14.4 Å². The van der Waals surface area contributed by atoms with Crippen LogP contribution in [0.25, 0.3) is 22.2 Å². The first-order chi connectivity index (χ1) is 18.8. The number of halogens is 1. The molecular weight excluding hydrogens is 520 g/mol. The molecule has 0 radical (unpaired) electrons. The number of hydrogen-bond acceptors (Lipinski definition) is 6. The van der Waals surface area contributed by atoms with Crippen LogP contribution in [0, 0.1) is 12.8 Å². The Labute approximate surface area is 228 Å². The van der Waals surface area contributed by atoms with Crippen molar-refractivity contribution in [2.75, 3.05) is 5.32 Å². The number of amides is 3. The lowest BCUT2D eigenvalue weighted by molar-refractivity contribution is -0.135. The van der Waals surface area contributed by atoms with E-state index in [1.165, 1.54) is 4.57 Å². The van der Waals surface area contributed by atoms with Crippen molar-refractivity contribution in [2.24, 2.45) is 5.92 Å². The van der Waals surface area contributed by atoms with Gasteiger partial charge in [0.1, 0.15) is 23.1 Å². The van der Waals surface area contributed by atoms with Crippen LogP contribution in [-0.2, 0) is 16.1 Å². The van der Waals surface area contributed by atoms with E-state index in [0.717, 1.165) is 18.4 Å². The lowest BCUT2D eigenvalue weighted by Gasteiger charge is -2.24. The number of imide groups is 1. The van der Waals surface area contributed by atoms with E-state index in [2.05, 4.69) is 15.6 Å². The molecule has 2 aromatic carbocycles. The van der Waals surface area contributed by atoms with E-state index in [0.29, 0.717) is 45.9 Å². The number of aryl methyl sites for hydroxylation is 1. The third-order valence-electron chi connectivity index (χ3n) is 7.16. The molecule has 2 aliphatic rings. The zero-order valence-corrected chi connectivity index (χ0v) is 21.9. The average Bonchev–Trinajstić information content (AvgIpc) is 3.62.